The van der Waals surface area contributed by atoms with Gasteiger partial charge in [-0.1, -0.05) is 18.2 Å². The summed E-state index contributed by atoms with van der Waals surface area (Å²) >= 11 is 0. The molecule has 3 rings (SSSR count). The summed E-state index contributed by atoms with van der Waals surface area (Å²) in [6.45, 7) is 1.63. The molecule has 1 aliphatic heterocycles. The first-order valence-corrected chi connectivity index (χ1v) is 6.27. The van der Waals surface area contributed by atoms with E-state index < -0.39 is 0 Å². The summed E-state index contributed by atoms with van der Waals surface area (Å²) < 4.78 is 5.83. The number of rotatable bonds is 3. The highest BCUT2D eigenvalue weighted by molar-refractivity contribution is 5.68. The molecule has 0 radical (unpaired) electrons. The molecule has 0 spiro atoms. The van der Waals surface area contributed by atoms with Crippen LogP contribution >= 0.6 is 0 Å². The summed E-state index contributed by atoms with van der Waals surface area (Å²) in [6, 6.07) is 6.42. The Labute approximate surface area is 106 Å². The Hall–Kier alpha value is -1.65. The van der Waals surface area contributed by atoms with Crippen LogP contribution < -0.4 is 5.32 Å². The van der Waals surface area contributed by atoms with Crippen molar-refractivity contribution in [2.75, 3.05) is 20.2 Å². The third-order valence-corrected chi connectivity index (χ3v) is 3.43. The Morgan fingerprint density at radius 1 is 1.50 bits per heavy atom. The van der Waals surface area contributed by atoms with Gasteiger partial charge in [-0.25, -0.2) is 0 Å². The minimum absolute atomic E-state index is 0.158. The van der Waals surface area contributed by atoms with Crippen LogP contribution in [0.4, 0.5) is 0 Å². The van der Waals surface area contributed by atoms with E-state index in [4.69, 9.17) is 4.74 Å². The summed E-state index contributed by atoms with van der Waals surface area (Å²) in [7, 11) is 1.96. The fourth-order valence-corrected chi connectivity index (χ4v) is 2.60. The smallest absolute Gasteiger partial charge is 0.0952 e. The standard InChI is InChI=1S/C14H17N3O/c1-15-9-14-13-4-2-3-11(10-7-16-17-8-10)12(13)5-6-18-14/h2-4,7-8,14-15H,5-6,9H2,1H3,(H,16,17)/t14-/m1/s1. The molecular formula is C14H17N3O. The van der Waals surface area contributed by atoms with Crippen LogP contribution in [0.1, 0.15) is 17.2 Å². The maximum absolute atomic E-state index is 5.83. The number of ether oxygens (including phenoxy) is 1. The van der Waals surface area contributed by atoms with E-state index in [1.54, 1.807) is 0 Å². The van der Waals surface area contributed by atoms with Gasteiger partial charge in [0.2, 0.25) is 0 Å². The first-order chi connectivity index (χ1) is 8.90. The Kier molecular flexibility index (Phi) is 3.13. The van der Waals surface area contributed by atoms with Gasteiger partial charge < -0.3 is 10.1 Å². The van der Waals surface area contributed by atoms with E-state index in [1.807, 2.05) is 19.4 Å². The second-order valence-electron chi connectivity index (χ2n) is 4.53. The van der Waals surface area contributed by atoms with E-state index in [-0.39, 0.29) is 6.10 Å². The van der Waals surface area contributed by atoms with Crippen LogP contribution in [0.3, 0.4) is 0 Å². The minimum atomic E-state index is 0.158. The van der Waals surface area contributed by atoms with Crippen LogP contribution in [0, 0.1) is 0 Å². The average Bonchev–Trinajstić information content (AvgIpc) is 2.93. The molecule has 0 fully saturated rings. The third-order valence-electron chi connectivity index (χ3n) is 3.43. The fraction of sp³-hybridized carbons (Fsp3) is 0.357. The number of hydrogen-bond donors (Lipinski definition) is 2. The van der Waals surface area contributed by atoms with Gasteiger partial charge >= 0.3 is 0 Å². The molecule has 0 amide bonds. The first-order valence-electron chi connectivity index (χ1n) is 6.27. The summed E-state index contributed by atoms with van der Waals surface area (Å²) in [4.78, 5) is 0. The molecule has 2 heterocycles. The number of nitrogens with one attached hydrogen (secondary N) is 2. The number of aromatic amines is 1. The lowest BCUT2D eigenvalue weighted by Crippen LogP contribution is -2.25. The first kappa shape index (κ1) is 11.4. The molecule has 0 saturated carbocycles. The Morgan fingerprint density at radius 3 is 3.22 bits per heavy atom. The Morgan fingerprint density at radius 2 is 2.44 bits per heavy atom. The van der Waals surface area contributed by atoms with Crippen molar-refractivity contribution < 1.29 is 4.74 Å². The number of nitrogens with zero attached hydrogens (tertiary/aromatic N) is 1. The summed E-state index contributed by atoms with van der Waals surface area (Å²) in [5, 5.41) is 10.1. The lowest BCUT2D eigenvalue weighted by molar-refractivity contribution is 0.0440. The molecule has 0 saturated heterocycles. The molecule has 1 aromatic heterocycles. The van der Waals surface area contributed by atoms with Crippen molar-refractivity contribution in [2.24, 2.45) is 0 Å². The number of H-pyrrole nitrogens is 1. The fourth-order valence-electron chi connectivity index (χ4n) is 2.60. The molecule has 18 heavy (non-hydrogen) atoms. The molecular weight excluding hydrogens is 226 g/mol. The van der Waals surface area contributed by atoms with E-state index in [1.165, 1.54) is 16.7 Å². The Balaban J connectivity index is 2.06. The van der Waals surface area contributed by atoms with Crippen molar-refractivity contribution in [3.63, 3.8) is 0 Å². The topological polar surface area (TPSA) is 49.9 Å². The second kappa shape index (κ2) is 4.92. The van der Waals surface area contributed by atoms with E-state index in [2.05, 4.69) is 33.7 Å². The van der Waals surface area contributed by atoms with Crippen molar-refractivity contribution in [1.29, 1.82) is 0 Å². The molecule has 0 unspecified atom stereocenters. The largest absolute Gasteiger partial charge is 0.372 e. The van der Waals surface area contributed by atoms with Crippen LogP contribution in [0.15, 0.2) is 30.6 Å². The number of hydrogen-bond acceptors (Lipinski definition) is 3. The molecule has 0 aliphatic carbocycles. The molecule has 2 N–H and O–H groups in total. The summed E-state index contributed by atoms with van der Waals surface area (Å²) in [6.07, 6.45) is 4.94. The van der Waals surface area contributed by atoms with Crippen LogP contribution in [-0.2, 0) is 11.2 Å². The Bertz CT molecular complexity index is 522. The number of aromatic nitrogens is 2. The normalized spacial score (nSPS) is 18.6. The number of fused-ring (bicyclic) bond motifs is 1. The average molecular weight is 243 g/mol. The van der Waals surface area contributed by atoms with E-state index in [0.717, 1.165) is 25.1 Å². The van der Waals surface area contributed by atoms with Gasteiger partial charge in [0.1, 0.15) is 0 Å². The SMILES string of the molecule is CNC[C@H]1OCCc2c(-c3cn[nH]c3)cccc21. The van der Waals surface area contributed by atoms with Crippen LogP contribution in [0.25, 0.3) is 11.1 Å². The zero-order valence-electron chi connectivity index (χ0n) is 10.4. The zero-order valence-corrected chi connectivity index (χ0v) is 10.4. The lowest BCUT2D eigenvalue weighted by atomic mass is 9.90. The quantitative estimate of drug-likeness (QED) is 0.865. The minimum Gasteiger partial charge on any atom is -0.372 e. The van der Waals surface area contributed by atoms with E-state index >= 15 is 0 Å². The monoisotopic (exact) mass is 243 g/mol. The highest BCUT2D eigenvalue weighted by Gasteiger charge is 2.22. The molecule has 1 atom stereocenters. The maximum Gasteiger partial charge on any atom is 0.0952 e. The second-order valence-corrected chi connectivity index (χ2v) is 4.53. The summed E-state index contributed by atoms with van der Waals surface area (Å²) in [5.74, 6) is 0. The highest BCUT2D eigenvalue weighted by atomic mass is 16.5. The van der Waals surface area contributed by atoms with Crippen molar-refractivity contribution in [3.05, 3.63) is 41.7 Å². The van der Waals surface area contributed by atoms with Crippen LogP contribution in [-0.4, -0.2) is 30.4 Å². The van der Waals surface area contributed by atoms with Crippen molar-refractivity contribution in [1.82, 2.24) is 15.5 Å². The molecule has 1 aromatic carbocycles. The number of likely N-dealkylation sites (N-methyl/N-ethyl adjacent to an activating group) is 1. The van der Waals surface area contributed by atoms with E-state index in [9.17, 15) is 0 Å². The van der Waals surface area contributed by atoms with Gasteiger partial charge in [-0.05, 0) is 30.2 Å². The number of benzene rings is 1. The van der Waals surface area contributed by atoms with E-state index in [0.29, 0.717) is 0 Å². The molecule has 4 heteroatoms. The van der Waals surface area contributed by atoms with Crippen molar-refractivity contribution in [3.8, 4) is 11.1 Å². The predicted molar refractivity (Wildman–Crippen MR) is 70.3 cm³/mol. The molecule has 4 nitrogen and oxygen atoms in total. The highest BCUT2D eigenvalue weighted by Crippen LogP contribution is 2.33. The van der Waals surface area contributed by atoms with Gasteiger partial charge in [0.15, 0.2) is 0 Å². The molecule has 2 aromatic rings. The maximum atomic E-state index is 5.83. The van der Waals surface area contributed by atoms with Gasteiger partial charge in [0.25, 0.3) is 0 Å². The van der Waals surface area contributed by atoms with Gasteiger partial charge in [-0.15, -0.1) is 0 Å². The molecule has 0 bridgehead atoms. The third kappa shape index (κ3) is 1.94. The predicted octanol–water partition coefficient (Wildman–Crippen LogP) is 1.91. The van der Waals surface area contributed by atoms with Gasteiger partial charge in [0, 0.05) is 18.3 Å². The van der Waals surface area contributed by atoms with Crippen LogP contribution in [0.5, 0.6) is 0 Å². The molecule has 94 valence electrons. The lowest BCUT2D eigenvalue weighted by Gasteiger charge is -2.27. The van der Waals surface area contributed by atoms with Gasteiger partial charge in [0.05, 0.1) is 18.9 Å². The molecule has 1 aliphatic rings. The van der Waals surface area contributed by atoms with Crippen LogP contribution in [0.2, 0.25) is 0 Å². The summed E-state index contributed by atoms with van der Waals surface area (Å²) in [5.41, 5.74) is 5.11. The zero-order chi connectivity index (χ0) is 12.4. The van der Waals surface area contributed by atoms with Gasteiger partial charge in [-0.2, -0.15) is 5.10 Å². The van der Waals surface area contributed by atoms with Crippen molar-refractivity contribution in [2.45, 2.75) is 12.5 Å². The van der Waals surface area contributed by atoms with Crippen molar-refractivity contribution >= 4 is 0 Å². The van der Waals surface area contributed by atoms with Gasteiger partial charge in [-0.3, -0.25) is 5.10 Å².